The highest BCUT2D eigenvalue weighted by Crippen LogP contribution is 2.54. The first-order valence-electron chi connectivity index (χ1n) is 34.4. The lowest BCUT2D eigenvalue weighted by atomic mass is 10.4. The molecule has 0 aliphatic carbocycles. The SMILES string of the molecule is C=C(C)C(=O)OCCC[Si](C)(C)O[Si]12O[Si]3(O[Si](C)(C)c4ccccc4)O[Si]4(O[Si](C)(C)c5ccccc5)O[Si](O[Si](C)(C)c5ccccc5)(O1)O[Si]1(O[Si](C)(C)c5ccccc5)O[Si](O[Si](C)(C)c5ccccc5)(O2)O[Si](O[Si](C)(C)c2ccccc2)(O3)O[Si](O[Si](C)(C)c2ccccc2)(O4)O1. The Balaban J connectivity index is 1.25. The Kier molecular flexibility index (Phi) is 22.5. The largest absolute Gasteiger partial charge is 0.651 e. The molecule has 6 saturated heterocycles. The third-order valence-electron chi connectivity index (χ3n) is 17.9. The predicted octanol–water partition coefficient (Wildman–Crippen LogP) is 9.37. The third-order valence-corrected chi connectivity index (χ3v) is 80.0. The van der Waals surface area contributed by atoms with Crippen LogP contribution in [0.3, 0.4) is 0 Å². The molecule has 103 heavy (non-hydrogen) atoms. The number of carbonyl (C=O) groups is 1. The smallest absolute Gasteiger partial charge is 0.462 e. The molecule has 22 nitrogen and oxygen atoms in total. The first-order valence-corrected chi connectivity index (χ1v) is 71.0. The predicted molar refractivity (Wildman–Crippen MR) is 425 cm³/mol. The summed E-state index contributed by atoms with van der Waals surface area (Å²) in [7, 11) is -75.1. The van der Waals surface area contributed by atoms with Gasteiger partial charge in [0, 0.05) is 5.57 Å². The van der Waals surface area contributed by atoms with Gasteiger partial charge in [-0.15, -0.1) is 0 Å². The van der Waals surface area contributed by atoms with Crippen LogP contribution in [-0.4, -0.2) is 151 Å². The van der Waals surface area contributed by atoms with Crippen LogP contribution in [0.25, 0.3) is 0 Å². The van der Waals surface area contributed by atoms with Crippen LogP contribution < -0.4 is 36.3 Å². The average Bonchev–Trinajstić information content (AvgIpc) is 0.676. The average molecular weight is 1680 g/mol. The molecule has 6 heterocycles. The molecule has 0 aromatic heterocycles. The molecule has 38 heteroatoms. The monoisotopic (exact) mass is 1670 g/mol. The Hall–Kier alpha value is -3.58. The van der Waals surface area contributed by atoms with E-state index in [4.69, 9.17) is 87.0 Å². The summed E-state index contributed by atoms with van der Waals surface area (Å²) in [5, 5.41) is 5.53. The van der Waals surface area contributed by atoms with Crippen molar-refractivity contribution in [2.45, 2.75) is 124 Å². The van der Waals surface area contributed by atoms with Crippen LogP contribution in [0.5, 0.6) is 0 Å². The number of benzene rings is 7. The van der Waals surface area contributed by atoms with Gasteiger partial charge in [-0.05, 0) is 160 Å². The normalized spacial score (nSPS) is 27.6. The van der Waals surface area contributed by atoms with Crippen molar-refractivity contribution < 1.29 is 91.8 Å². The van der Waals surface area contributed by atoms with Gasteiger partial charge in [0.05, 0.1) is 6.61 Å². The molecule has 0 saturated carbocycles. The first-order chi connectivity index (χ1) is 48.2. The second kappa shape index (κ2) is 29.3. The summed E-state index contributed by atoms with van der Waals surface area (Å²) in [6.07, 6.45) is 0.308. The van der Waals surface area contributed by atoms with Crippen molar-refractivity contribution in [2.75, 3.05) is 6.61 Å². The van der Waals surface area contributed by atoms with Gasteiger partial charge in [-0.3, -0.25) is 0 Å². The third kappa shape index (κ3) is 17.8. The minimum atomic E-state index is -5.76. The Morgan fingerprint density at radius 2 is 0.437 bits per heavy atom. The van der Waals surface area contributed by atoms with E-state index in [1.807, 2.05) is 317 Å². The molecule has 6 aliphatic heterocycles. The minimum Gasteiger partial charge on any atom is -0.462 e. The van der Waals surface area contributed by atoms with Gasteiger partial charge in [-0.2, -0.15) is 0 Å². The number of esters is 1. The zero-order valence-electron chi connectivity index (χ0n) is 61.5. The fraction of sp³-hybridized carbons (Fsp3) is 0.308. The van der Waals surface area contributed by atoms with Crippen molar-refractivity contribution in [1.82, 2.24) is 0 Å². The van der Waals surface area contributed by atoms with E-state index in [9.17, 15) is 4.79 Å². The zero-order valence-corrected chi connectivity index (χ0v) is 77.5. The van der Waals surface area contributed by atoms with Gasteiger partial charge in [-0.1, -0.05) is 219 Å². The van der Waals surface area contributed by atoms with Gasteiger partial charge in [0.1, 0.15) is 0 Å². The van der Waals surface area contributed by atoms with Crippen LogP contribution in [0.15, 0.2) is 224 Å². The molecule has 0 N–H and O–H groups in total. The van der Waals surface area contributed by atoms with Crippen LogP contribution in [0.4, 0.5) is 0 Å². The molecular formula is C65H94O22Si16. The summed E-state index contributed by atoms with van der Waals surface area (Å²) in [6, 6.07) is 68.6. The van der Waals surface area contributed by atoms with Crippen LogP contribution in [0, 0.1) is 0 Å². The standard InChI is InChI=1S/C65H94O22Si16/c1-57(2)65(66)67-55-40-56-88(3,4)68-96-76-97(69-89(5,6)58-41-26-19-27-42-58)79-100(72-92(11,12)61-47-32-22-33-48-61)81-98(77-96,70-90(7,8)59-43-28-20-29-44-59)83-102(74-94(15,16)63-51-36-24-37-52-63)84-99(78-96,71-91(9,10)60-45-30-21-31-46-60)82-101(80-97,73-93(13,14)62-49-34-23-35-50-62)86-103(85-100,87-102)75-95(17,18)64-53-38-25-39-54-64/h19-39,41-54H,1,40,55-56H2,2-18H3. The maximum atomic E-state index is 13.0. The van der Waals surface area contributed by atoms with E-state index in [0.29, 0.717) is 12.5 Å². The quantitative estimate of drug-likeness (QED) is 0.0193. The van der Waals surface area contributed by atoms with Crippen molar-refractivity contribution in [3.8, 4) is 0 Å². The van der Waals surface area contributed by atoms with E-state index in [-0.39, 0.29) is 12.2 Å². The highest BCUT2D eigenvalue weighted by Gasteiger charge is 2.93. The molecule has 0 spiro atoms. The summed E-state index contributed by atoms with van der Waals surface area (Å²) in [5.74, 6) is -0.536. The van der Waals surface area contributed by atoms with Crippen LogP contribution >= 0.6 is 0 Å². The van der Waals surface area contributed by atoms with Crippen molar-refractivity contribution in [3.05, 3.63) is 224 Å². The van der Waals surface area contributed by atoms with E-state index in [0.717, 1.165) is 36.3 Å². The Labute approximate surface area is 623 Å². The molecular weight excluding hydrogens is 1580 g/mol. The first kappa shape index (κ1) is 79.0. The summed E-state index contributed by atoms with van der Waals surface area (Å²) >= 11 is 0. The molecule has 7 aromatic rings. The fourth-order valence-electron chi connectivity index (χ4n) is 12.5. The summed E-state index contributed by atoms with van der Waals surface area (Å²) in [4.78, 5) is 13.0. The number of rotatable bonds is 28. The molecule has 8 bridgehead atoms. The number of hydrogen-bond donors (Lipinski definition) is 0. The minimum absolute atomic E-state index is 0.0125. The summed E-state index contributed by atoms with van der Waals surface area (Å²) in [6.45, 7) is 37.3. The van der Waals surface area contributed by atoms with Crippen molar-refractivity contribution in [3.63, 3.8) is 0 Å². The molecule has 7 aromatic carbocycles. The number of ether oxygens (including phenoxy) is 1. The van der Waals surface area contributed by atoms with Gasteiger partial charge in [0.25, 0.3) is 0 Å². The van der Waals surface area contributed by atoms with E-state index in [1.54, 1.807) is 6.92 Å². The van der Waals surface area contributed by atoms with E-state index in [2.05, 4.69) is 6.58 Å². The topological polar surface area (TPSA) is 211 Å². The van der Waals surface area contributed by atoms with Crippen LogP contribution in [0.2, 0.25) is 111 Å². The Morgan fingerprint density at radius 1 is 0.282 bits per heavy atom. The summed E-state index contributed by atoms with van der Waals surface area (Å²) in [5.41, 5.74) is 0.254. The lowest BCUT2D eigenvalue weighted by Crippen LogP contribution is -2.93. The summed E-state index contributed by atoms with van der Waals surface area (Å²) < 4.78 is 169. The molecule has 0 radical (unpaired) electrons. The van der Waals surface area contributed by atoms with Crippen molar-refractivity contribution in [1.29, 1.82) is 0 Å². The highest BCUT2D eigenvalue weighted by atomic mass is 28.7. The van der Waals surface area contributed by atoms with Gasteiger partial charge in [-0.25, -0.2) is 4.79 Å². The van der Waals surface area contributed by atoms with E-state index >= 15 is 0 Å². The van der Waals surface area contributed by atoms with Crippen LogP contribution in [-0.2, 0) is 91.8 Å². The van der Waals surface area contributed by atoms with Crippen molar-refractivity contribution >= 4 is 181 Å². The second-order valence-corrected chi connectivity index (χ2v) is 83.5. The van der Waals surface area contributed by atoms with E-state index < -0.39 is 145 Å². The van der Waals surface area contributed by atoms with Gasteiger partial charge in [0.15, 0.2) is 8.32 Å². The second-order valence-electron chi connectivity index (χ2n) is 30.0. The lowest BCUT2D eigenvalue weighted by molar-refractivity contribution is -0.139. The molecule has 0 atom stereocenters. The Morgan fingerprint density at radius 3 is 0.592 bits per heavy atom. The van der Waals surface area contributed by atoms with Gasteiger partial charge < -0.3 is 87.0 Å². The molecule has 6 aliphatic rings. The molecule has 6 fully saturated rings. The van der Waals surface area contributed by atoms with Crippen LogP contribution in [0.1, 0.15) is 13.3 Å². The highest BCUT2D eigenvalue weighted by molar-refractivity contribution is 7.07. The molecule has 0 unspecified atom stereocenters. The number of hydrogen-bond acceptors (Lipinski definition) is 22. The van der Waals surface area contributed by atoms with E-state index in [1.165, 1.54) is 0 Å². The molecule has 0 amide bonds. The Bertz CT molecular complexity index is 3760. The maximum absolute atomic E-state index is 13.0. The molecule has 13 rings (SSSR count). The maximum Gasteiger partial charge on any atom is 0.651 e. The lowest BCUT2D eigenvalue weighted by Gasteiger charge is -2.61. The molecule has 550 valence electrons. The van der Waals surface area contributed by atoms with Gasteiger partial charge >= 0.3 is 78.4 Å². The zero-order chi connectivity index (χ0) is 73.9. The van der Waals surface area contributed by atoms with Crippen molar-refractivity contribution in [2.24, 2.45) is 0 Å². The number of carbonyl (C=O) groups excluding carboxylic acids is 1. The van der Waals surface area contributed by atoms with Gasteiger partial charge in [0.2, 0.25) is 58.2 Å². The fourth-order valence-corrected chi connectivity index (χ4v) is 85.1.